The molecule has 0 rings (SSSR count). The summed E-state index contributed by atoms with van der Waals surface area (Å²) in [6, 6.07) is -0.945. The van der Waals surface area contributed by atoms with Crippen LogP contribution >= 0.6 is 0 Å². The third-order valence-electron chi connectivity index (χ3n) is 4.04. The second kappa shape index (κ2) is 6.82. The van der Waals surface area contributed by atoms with Crippen LogP contribution in [0.3, 0.4) is 0 Å². The summed E-state index contributed by atoms with van der Waals surface area (Å²) in [4.78, 5) is 11.2. The highest BCUT2D eigenvalue weighted by atomic mass is 28.3. The van der Waals surface area contributed by atoms with Crippen LogP contribution in [0.15, 0.2) is 0 Å². The minimum Gasteiger partial charge on any atom is -0.373 e. The molecule has 0 N–H and O–H groups in total. The van der Waals surface area contributed by atoms with Gasteiger partial charge in [-0.2, -0.15) is 48.3 Å². The SMILES string of the molecule is CC(=O)N(C)[Si](C)(C)CCC(F)(F)C(F)(F)C(F)(F)C(F)(F)C(F)(F)F. The maximum atomic E-state index is 13.6. The lowest BCUT2D eigenvalue weighted by Crippen LogP contribution is -2.66. The zero-order valence-corrected chi connectivity index (χ0v) is 14.9. The Morgan fingerprint density at radius 1 is 0.808 bits per heavy atom. The molecule has 0 radical (unpaired) electrons. The molecular weight excluding hydrogens is 411 g/mol. The van der Waals surface area contributed by atoms with E-state index in [1.54, 1.807) is 0 Å². The summed E-state index contributed by atoms with van der Waals surface area (Å²) < 4.78 is 143. The number of hydrogen-bond donors (Lipinski definition) is 0. The van der Waals surface area contributed by atoms with Crippen LogP contribution in [-0.4, -0.2) is 55.6 Å². The van der Waals surface area contributed by atoms with Crippen molar-refractivity contribution in [3.05, 3.63) is 0 Å². The predicted octanol–water partition coefficient (Wildman–Crippen LogP) is 5.16. The Hall–Kier alpha value is -1.08. The second-order valence-corrected chi connectivity index (χ2v) is 11.1. The molecule has 0 aliphatic carbocycles. The maximum absolute atomic E-state index is 13.6. The van der Waals surface area contributed by atoms with E-state index in [0.717, 1.165) is 18.5 Å². The summed E-state index contributed by atoms with van der Waals surface area (Å²) in [5.74, 6) is -28.3. The van der Waals surface area contributed by atoms with Gasteiger partial charge in [0.1, 0.15) is 0 Å². The number of carbonyl (C=O) groups excluding carboxylic acids is 1. The van der Waals surface area contributed by atoms with Gasteiger partial charge in [-0.25, -0.2) is 0 Å². The first-order valence-electron chi connectivity index (χ1n) is 6.88. The second-order valence-electron chi connectivity index (χ2n) is 6.32. The van der Waals surface area contributed by atoms with E-state index >= 15 is 0 Å². The molecule has 26 heavy (non-hydrogen) atoms. The van der Waals surface area contributed by atoms with E-state index in [1.165, 1.54) is 13.1 Å². The quantitative estimate of drug-likeness (QED) is 0.406. The Morgan fingerprint density at radius 3 is 1.50 bits per heavy atom. The molecule has 2 nitrogen and oxygen atoms in total. The summed E-state index contributed by atoms with van der Waals surface area (Å²) >= 11 is 0. The van der Waals surface area contributed by atoms with Crippen LogP contribution < -0.4 is 0 Å². The molecule has 0 aromatic heterocycles. The van der Waals surface area contributed by atoms with Crippen molar-refractivity contribution in [3.63, 3.8) is 0 Å². The number of halogens is 11. The van der Waals surface area contributed by atoms with Crippen molar-refractivity contribution in [2.45, 2.75) is 62.3 Å². The Balaban J connectivity index is 5.73. The van der Waals surface area contributed by atoms with Gasteiger partial charge in [0.2, 0.25) is 5.91 Å². The van der Waals surface area contributed by atoms with E-state index in [1.807, 2.05) is 0 Å². The van der Waals surface area contributed by atoms with E-state index in [0.29, 0.717) is 0 Å². The Labute approximate surface area is 142 Å². The lowest BCUT2D eigenvalue weighted by molar-refractivity contribution is -0.422. The average molecular weight is 427 g/mol. The third kappa shape index (κ3) is 4.08. The van der Waals surface area contributed by atoms with E-state index < -0.39 is 56.5 Å². The summed E-state index contributed by atoms with van der Waals surface area (Å²) in [5, 5.41) is 0. The first-order chi connectivity index (χ1) is 11.1. The van der Waals surface area contributed by atoms with E-state index in [-0.39, 0.29) is 0 Å². The number of carbonyl (C=O) groups is 1. The van der Waals surface area contributed by atoms with E-state index in [2.05, 4.69) is 0 Å². The van der Waals surface area contributed by atoms with Gasteiger partial charge in [-0.15, -0.1) is 0 Å². The molecule has 156 valence electrons. The van der Waals surface area contributed by atoms with Crippen molar-refractivity contribution >= 4 is 14.1 Å². The number of amides is 1. The molecule has 1 amide bonds. The summed E-state index contributed by atoms with van der Waals surface area (Å²) in [6.07, 6.45) is -9.28. The Bertz CT molecular complexity index is 530. The van der Waals surface area contributed by atoms with Crippen LogP contribution in [0.1, 0.15) is 13.3 Å². The lowest BCUT2D eigenvalue weighted by atomic mass is 9.96. The Kier molecular flexibility index (Phi) is 6.54. The minimum absolute atomic E-state index is 0.648. The molecule has 0 saturated carbocycles. The van der Waals surface area contributed by atoms with E-state index in [9.17, 15) is 53.1 Å². The fourth-order valence-electron chi connectivity index (χ4n) is 1.82. The first kappa shape index (κ1) is 24.9. The van der Waals surface area contributed by atoms with Gasteiger partial charge in [-0.1, -0.05) is 13.1 Å². The maximum Gasteiger partial charge on any atom is 0.460 e. The molecule has 0 spiro atoms. The highest BCUT2D eigenvalue weighted by molar-refractivity contribution is 6.76. The molecule has 0 aromatic carbocycles. The van der Waals surface area contributed by atoms with Crippen LogP contribution in [-0.2, 0) is 4.79 Å². The van der Waals surface area contributed by atoms with E-state index in [4.69, 9.17) is 0 Å². The molecule has 0 aromatic rings. The zero-order chi connectivity index (χ0) is 21.6. The van der Waals surface area contributed by atoms with Gasteiger partial charge in [-0.3, -0.25) is 4.79 Å². The molecular formula is C12H16F11NOSi. The third-order valence-corrected chi connectivity index (χ3v) is 7.64. The van der Waals surface area contributed by atoms with Crippen LogP contribution in [0.5, 0.6) is 0 Å². The fraction of sp³-hybridized carbons (Fsp3) is 0.917. The summed E-state index contributed by atoms with van der Waals surface area (Å²) in [5.41, 5.74) is 0. The molecule has 0 aliphatic rings. The van der Waals surface area contributed by atoms with Gasteiger partial charge in [-0.05, 0) is 6.04 Å². The first-order valence-corrected chi connectivity index (χ1v) is 10.0. The average Bonchev–Trinajstić information content (AvgIpc) is 2.42. The van der Waals surface area contributed by atoms with Gasteiger partial charge in [0.05, 0.1) is 0 Å². The predicted molar refractivity (Wildman–Crippen MR) is 71.2 cm³/mol. The molecule has 0 aliphatic heterocycles. The van der Waals surface area contributed by atoms with Gasteiger partial charge < -0.3 is 4.57 Å². The standard InChI is InChI=1S/C12H16F11NOSi/c1-7(25)24(2)26(3,4)6-5-8(13,14)9(15,16)10(17,18)11(19,20)12(21,22)23/h5-6H2,1-4H3. The van der Waals surface area contributed by atoms with Crippen molar-refractivity contribution in [2.75, 3.05) is 7.05 Å². The Morgan fingerprint density at radius 2 is 1.19 bits per heavy atom. The van der Waals surface area contributed by atoms with Crippen LogP contribution in [0.4, 0.5) is 48.3 Å². The van der Waals surface area contributed by atoms with Crippen molar-refractivity contribution in [3.8, 4) is 0 Å². The topological polar surface area (TPSA) is 20.3 Å². The number of nitrogens with zero attached hydrogens (tertiary/aromatic N) is 1. The number of rotatable bonds is 7. The highest BCUT2D eigenvalue weighted by Gasteiger charge is 2.86. The van der Waals surface area contributed by atoms with Gasteiger partial charge in [0.15, 0.2) is 8.24 Å². The largest absolute Gasteiger partial charge is 0.460 e. The van der Waals surface area contributed by atoms with Crippen LogP contribution in [0.2, 0.25) is 19.1 Å². The van der Waals surface area contributed by atoms with Crippen molar-refractivity contribution in [1.29, 1.82) is 0 Å². The molecule has 0 bridgehead atoms. The van der Waals surface area contributed by atoms with Gasteiger partial charge in [0.25, 0.3) is 0 Å². The molecule has 14 heteroatoms. The van der Waals surface area contributed by atoms with Gasteiger partial charge in [0, 0.05) is 20.4 Å². The van der Waals surface area contributed by atoms with Crippen molar-refractivity contribution < 1.29 is 53.1 Å². The molecule has 0 saturated heterocycles. The lowest BCUT2D eigenvalue weighted by Gasteiger charge is -2.39. The molecule has 0 fully saturated rings. The molecule has 0 heterocycles. The number of hydrogen-bond acceptors (Lipinski definition) is 1. The highest BCUT2D eigenvalue weighted by Crippen LogP contribution is 2.58. The fourth-order valence-corrected chi connectivity index (χ4v) is 3.93. The zero-order valence-electron chi connectivity index (χ0n) is 13.9. The van der Waals surface area contributed by atoms with Crippen molar-refractivity contribution in [2.24, 2.45) is 0 Å². The van der Waals surface area contributed by atoms with Gasteiger partial charge >= 0.3 is 29.9 Å². The normalized spacial score (nSPS) is 15.2. The minimum atomic E-state index is -7.39. The molecule has 0 unspecified atom stereocenters. The smallest absolute Gasteiger partial charge is 0.373 e. The van der Waals surface area contributed by atoms with Crippen LogP contribution in [0.25, 0.3) is 0 Å². The van der Waals surface area contributed by atoms with Crippen molar-refractivity contribution in [1.82, 2.24) is 4.57 Å². The summed E-state index contributed by atoms with van der Waals surface area (Å²) in [6.45, 7) is 3.47. The molecule has 0 atom stereocenters. The summed E-state index contributed by atoms with van der Waals surface area (Å²) in [7, 11) is -2.05. The number of alkyl halides is 11. The van der Waals surface area contributed by atoms with Crippen LogP contribution in [0, 0.1) is 0 Å². The monoisotopic (exact) mass is 427 g/mol.